The van der Waals surface area contributed by atoms with Crippen molar-refractivity contribution in [1.82, 2.24) is 0 Å². The lowest BCUT2D eigenvalue weighted by molar-refractivity contribution is -0.142. The summed E-state index contributed by atoms with van der Waals surface area (Å²) in [5.41, 5.74) is 4.19. The van der Waals surface area contributed by atoms with Crippen LogP contribution in [0, 0.1) is 0 Å². The highest BCUT2D eigenvalue weighted by atomic mass is 35.5. The molecule has 0 heterocycles. The molecule has 0 aromatic heterocycles. The number of hydrogen-bond acceptors (Lipinski definition) is 4. The lowest BCUT2D eigenvalue weighted by atomic mass is 10.1. The molecule has 0 bridgehead atoms. The molecule has 0 amide bonds. The smallest absolute Gasteiger partial charge is 0.310 e. The van der Waals surface area contributed by atoms with Crippen molar-refractivity contribution in [3.63, 3.8) is 0 Å². The molecule has 0 aliphatic heterocycles. The fourth-order valence-corrected chi connectivity index (χ4v) is 1.15. The predicted octanol–water partition coefficient (Wildman–Crippen LogP) is 1.50. The Morgan fingerprint density at radius 1 is 1.53 bits per heavy atom. The number of anilines is 1. The van der Waals surface area contributed by atoms with Crippen LogP contribution >= 0.6 is 12.4 Å². The number of esters is 1. The van der Waals surface area contributed by atoms with Crippen LogP contribution in [0.25, 0.3) is 0 Å². The first kappa shape index (κ1) is 13.7. The Labute approximate surface area is 95.2 Å². The normalized spacial score (nSPS) is 8.93. The molecule has 5 heteroatoms. The quantitative estimate of drug-likeness (QED) is 0.468. The number of halogens is 1. The zero-order valence-corrected chi connectivity index (χ0v) is 9.34. The van der Waals surface area contributed by atoms with Gasteiger partial charge in [0.05, 0.1) is 13.0 Å². The molecule has 1 aromatic rings. The maximum Gasteiger partial charge on any atom is 0.310 e. The van der Waals surface area contributed by atoms with E-state index in [1.54, 1.807) is 6.92 Å². The zero-order valence-electron chi connectivity index (χ0n) is 8.53. The second-order valence-corrected chi connectivity index (χ2v) is 2.83. The van der Waals surface area contributed by atoms with Crippen molar-refractivity contribution in [2.75, 3.05) is 12.0 Å². The Bertz CT molecular complexity index is 318. The average Bonchev–Trinajstić information content (AvgIpc) is 2.18. The summed E-state index contributed by atoms with van der Waals surface area (Å²) in [5.74, 6) is 5.02. The Morgan fingerprint density at radius 2 is 2.27 bits per heavy atom. The monoisotopic (exact) mass is 230 g/mol. The molecule has 4 nitrogen and oxygen atoms in total. The van der Waals surface area contributed by atoms with Crippen molar-refractivity contribution in [1.29, 1.82) is 0 Å². The van der Waals surface area contributed by atoms with E-state index in [1.165, 1.54) is 0 Å². The van der Waals surface area contributed by atoms with Crippen LogP contribution < -0.4 is 11.3 Å². The minimum absolute atomic E-state index is 0. The van der Waals surface area contributed by atoms with Crippen molar-refractivity contribution in [2.24, 2.45) is 5.84 Å². The second-order valence-electron chi connectivity index (χ2n) is 2.83. The van der Waals surface area contributed by atoms with Gasteiger partial charge in [0.2, 0.25) is 0 Å². The Hall–Kier alpha value is -1.26. The first-order valence-corrected chi connectivity index (χ1v) is 4.47. The first-order chi connectivity index (χ1) is 6.76. The molecule has 0 aliphatic carbocycles. The molecule has 1 aromatic carbocycles. The molecular formula is C10H15ClN2O2. The fraction of sp³-hybridized carbons (Fsp3) is 0.300. The Balaban J connectivity index is 0.00000196. The standard InChI is InChI=1S/C10H14N2O2.ClH/c1-2-14-10(13)7-8-4-3-5-9(6-8)12-11;/h3-6,12H,2,7,11H2,1H3;1H. The van der Waals surface area contributed by atoms with E-state index in [4.69, 9.17) is 10.6 Å². The maximum atomic E-state index is 11.1. The van der Waals surface area contributed by atoms with Crippen LogP contribution in [-0.2, 0) is 16.0 Å². The number of benzene rings is 1. The van der Waals surface area contributed by atoms with Gasteiger partial charge in [0, 0.05) is 5.69 Å². The molecule has 84 valence electrons. The molecule has 0 aliphatic rings. The minimum atomic E-state index is -0.221. The van der Waals surface area contributed by atoms with Gasteiger partial charge in [-0.2, -0.15) is 0 Å². The van der Waals surface area contributed by atoms with Crippen LogP contribution in [0.4, 0.5) is 5.69 Å². The van der Waals surface area contributed by atoms with E-state index in [2.05, 4.69) is 5.43 Å². The molecule has 0 saturated carbocycles. The number of nitrogens with two attached hydrogens (primary N) is 1. The number of rotatable bonds is 4. The van der Waals surface area contributed by atoms with Crippen LogP contribution in [0.3, 0.4) is 0 Å². The van der Waals surface area contributed by atoms with Gasteiger partial charge in [0.25, 0.3) is 0 Å². The van der Waals surface area contributed by atoms with E-state index in [1.807, 2.05) is 24.3 Å². The fourth-order valence-electron chi connectivity index (χ4n) is 1.15. The summed E-state index contributed by atoms with van der Waals surface area (Å²) in [6.07, 6.45) is 0.281. The van der Waals surface area contributed by atoms with Crippen molar-refractivity contribution in [3.8, 4) is 0 Å². The summed E-state index contributed by atoms with van der Waals surface area (Å²) in [6, 6.07) is 7.34. The average molecular weight is 231 g/mol. The summed E-state index contributed by atoms with van der Waals surface area (Å²) in [5, 5.41) is 0. The molecule has 3 N–H and O–H groups in total. The van der Waals surface area contributed by atoms with Gasteiger partial charge in [-0.1, -0.05) is 12.1 Å². The van der Waals surface area contributed by atoms with Crippen LogP contribution in [-0.4, -0.2) is 12.6 Å². The third kappa shape index (κ3) is 4.67. The molecule has 15 heavy (non-hydrogen) atoms. The Morgan fingerprint density at radius 3 is 2.87 bits per heavy atom. The summed E-state index contributed by atoms with van der Waals surface area (Å²) >= 11 is 0. The molecule has 0 unspecified atom stereocenters. The van der Waals surface area contributed by atoms with Crippen LogP contribution in [0.1, 0.15) is 12.5 Å². The van der Waals surface area contributed by atoms with Crippen molar-refractivity contribution in [3.05, 3.63) is 29.8 Å². The van der Waals surface area contributed by atoms with E-state index in [0.717, 1.165) is 11.3 Å². The number of hydrazine groups is 1. The summed E-state index contributed by atoms with van der Waals surface area (Å²) in [4.78, 5) is 11.1. The predicted molar refractivity (Wildman–Crippen MR) is 61.8 cm³/mol. The molecule has 0 fully saturated rings. The summed E-state index contributed by atoms with van der Waals surface area (Å²) in [6.45, 7) is 2.20. The topological polar surface area (TPSA) is 64.3 Å². The molecule has 0 saturated heterocycles. The molecule has 1 rings (SSSR count). The van der Waals surface area contributed by atoms with Gasteiger partial charge in [-0.3, -0.25) is 10.6 Å². The summed E-state index contributed by atoms with van der Waals surface area (Å²) < 4.78 is 4.83. The zero-order chi connectivity index (χ0) is 10.4. The van der Waals surface area contributed by atoms with Gasteiger partial charge in [0.15, 0.2) is 0 Å². The van der Waals surface area contributed by atoms with Crippen LogP contribution in [0.15, 0.2) is 24.3 Å². The SMILES string of the molecule is CCOC(=O)Cc1cccc(NN)c1.Cl. The second kappa shape index (κ2) is 7.09. The third-order valence-corrected chi connectivity index (χ3v) is 1.75. The lowest BCUT2D eigenvalue weighted by Gasteiger charge is -2.04. The largest absolute Gasteiger partial charge is 0.466 e. The Kier molecular flexibility index (Phi) is 6.49. The van der Waals surface area contributed by atoms with E-state index in [9.17, 15) is 4.79 Å². The third-order valence-electron chi connectivity index (χ3n) is 1.75. The highest BCUT2D eigenvalue weighted by molar-refractivity contribution is 5.85. The van der Waals surface area contributed by atoms with Crippen molar-refractivity contribution in [2.45, 2.75) is 13.3 Å². The molecule has 0 radical (unpaired) electrons. The molecule has 0 atom stereocenters. The van der Waals surface area contributed by atoms with Crippen molar-refractivity contribution < 1.29 is 9.53 Å². The van der Waals surface area contributed by atoms with E-state index >= 15 is 0 Å². The first-order valence-electron chi connectivity index (χ1n) is 4.47. The number of ether oxygens (including phenoxy) is 1. The number of carbonyl (C=O) groups is 1. The summed E-state index contributed by atoms with van der Waals surface area (Å²) in [7, 11) is 0. The van der Waals surface area contributed by atoms with E-state index in [0.29, 0.717) is 6.61 Å². The number of carbonyl (C=O) groups excluding carboxylic acids is 1. The number of nitrogens with one attached hydrogen (secondary N) is 1. The number of hydrogen-bond donors (Lipinski definition) is 2. The number of nitrogen functional groups attached to an aromatic ring is 1. The maximum absolute atomic E-state index is 11.1. The van der Waals surface area contributed by atoms with E-state index in [-0.39, 0.29) is 24.8 Å². The van der Waals surface area contributed by atoms with E-state index < -0.39 is 0 Å². The highest BCUT2D eigenvalue weighted by Crippen LogP contribution is 2.09. The van der Waals surface area contributed by atoms with Gasteiger partial charge in [0.1, 0.15) is 0 Å². The van der Waals surface area contributed by atoms with Gasteiger partial charge in [-0.15, -0.1) is 12.4 Å². The van der Waals surface area contributed by atoms with Gasteiger partial charge < -0.3 is 10.2 Å². The minimum Gasteiger partial charge on any atom is -0.466 e. The lowest BCUT2D eigenvalue weighted by Crippen LogP contribution is -2.09. The molecular weight excluding hydrogens is 216 g/mol. The molecule has 0 spiro atoms. The van der Waals surface area contributed by atoms with Crippen LogP contribution in [0.2, 0.25) is 0 Å². The van der Waals surface area contributed by atoms with Gasteiger partial charge in [-0.25, -0.2) is 0 Å². The van der Waals surface area contributed by atoms with Gasteiger partial charge >= 0.3 is 5.97 Å². The van der Waals surface area contributed by atoms with Crippen LogP contribution in [0.5, 0.6) is 0 Å². The highest BCUT2D eigenvalue weighted by Gasteiger charge is 2.03. The van der Waals surface area contributed by atoms with Crippen molar-refractivity contribution >= 4 is 24.1 Å². The van der Waals surface area contributed by atoms with Gasteiger partial charge in [-0.05, 0) is 24.6 Å².